The van der Waals surface area contributed by atoms with E-state index in [9.17, 15) is 9.59 Å². The van der Waals surface area contributed by atoms with Crippen LogP contribution < -0.4 is 10.1 Å². The standard InChI is InChI=1S/C17H20N2O4S/c1-4-12-6-8-13(9-7-12)23-10-14(20)19-17-18-11(3)15(24-17)16(21)22-5-2/h6-9H,4-5,10H2,1-3H3,(H,18,19,20). The molecule has 0 aliphatic heterocycles. The number of ether oxygens (including phenoxy) is 2. The number of aryl methyl sites for hydroxylation is 2. The summed E-state index contributed by atoms with van der Waals surface area (Å²) in [6.07, 6.45) is 0.951. The Morgan fingerprint density at radius 1 is 1.21 bits per heavy atom. The molecule has 0 spiro atoms. The Kier molecular flexibility index (Phi) is 6.31. The smallest absolute Gasteiger partial charge is 0.350 e. The molecule has 0 radical (unpaired) electrons. The molecule has 7 heteroatoms. The summed E-state index contributed by atoms with van der Waals surface area (Å²) in [4.78, 5) is 28.2. The van der Waals surface area contributed by atoms with E-state index in [0.29, 0.717) is 28.1 Å². The Balaban J connectivity index is 1.90. The Morgan fingerprint density at radius 2 is 1.92 bits per heavy atom. The van der Waals surface area contributed by atoms with Gasteiger partial charge in [0.2, 0.25) is 0 Å². The third-order valence-corrected chi connectivity index (χ3v) is 4.26. The lowest BCUT2D eigenvalue weighted by Gasteiger charge is -2.06. The average Bonchev–Trinajstić information content (AvgIpc) is 2.94. The number of thiazole rings is 1. The molecule has 1 N–H and O–H groups in total. The molecular weight excluding hydrogens is 328 g/mol. The molecular formula is C17H20N2O4S. The molecule has 6 nitrogen and oxygen atoms in total. The van der Waals surface area contributed by atoms with E-state index < -0.39 is 5.97 Å². The van der Waals surface area contributed by atoms with Crippen molar-refractivity contribution in [3.8, 4) is 5.75 Å². The van der Waals surface area contributed by atoms with Crippen molar-refractivity contribution in [2.24, 2.45) is 0 Å². The first kappa shape index (κ1) is 17.9. The first-order valence-corrected chi connectivity index (χ1v) is 8.51. The first-order valence-electron chi connectivity index (χ1n) is 7.69. The van der Waals surface area contributed by atoms with Crippen LogP contribution in [-0.2, 0) is 16.0 Å². The molecule has 1 heterocycles. The fraction of sp³-hybridized carbons (Fsp3) is 0.353. The normalized spacial score (nSPS) is 10.3. The zero-order chi connectivity index (χ0) is 17.5. The van der Waals surface area contributed by atoms with Gasteiger partial charge in [0.15, 0.2) is 11.7 Å². The van der Waals surface area contributed by atoms with Gasteiger partial charge < -0.3 is 9.47 Å². The molecule has 0 fully saturated rings. The number of hydrogen-bond donors (Lipinski definition) is 1. The molecule has 0 saturated heterocycles. The van der Waals surface area contributed by atoms with Gasteiger partial charge in [-0.05, 0) is 38.0 Å². The Hall–Kier alpha value is -2.41. The lowest BCUT2D eigenvalue weighted by molar-refractivity contribution is -0.118. The highest BCUT2D eigenvalue weighted by Crippen LogP contribution is 2.23. The number of benzene rings is 1. The minimum absolute atomic E-state index is 0.126. The van der Waals surface area contributed by atoms with E-state index >= 15 is 0 Å². The second-order valence-corrected chi connectivity index (χ2v) is 5.99. The predicted molar refractivity (Wildman–Crippen MR) is 92.8 cm³/mol. The molecule has 0 aliphatic carbocycles. The van der Waals surface area contributed by atoms with Gasteiger partial charge in [0.1, 0.15) is 10.6 Å². The van der Waals surface area contributed by atoms with Crippen LogP contribution in [0.15, 0.2) is 24.3 Å². The maximum absolute atomic E-state index is 11.9. The fourth-order valence-electron chi connectivity index (χ4n) is 1.96. The molecule has 0 saturated carbocycles. The van der Waals surface area contributed by atoms with Gasteiger partial charge in [-0.1, -0.05) is 30.4 Å². The van der Waals surface area contributed by atoms with Crippen molar-refractivity contribution in [2.75, 3.05) is 18.5 Å². The van der Waals surface area contributed by atoms with E-state index in [4.69, 9.17) is 9.47 Å². The summed E-state index contributed by atoms with van der Waals surface area (Å²) in [5.74, 6) is -0.135. The van der Waals surface area contributed by atoms with Gasteiger partial charge in [0, 0.05) is 0 Å². The third kappa shape index (κ3) is 4.79. The van der Waals surface area contributed by atoms with Gasteiger partial charge in [-0.15, -0.1) is 0 Å². The number of nitrogens with zero attached hydrogens (tertiary/aromatic N) is 1. The van der Waals surface area contributed by atoms with Gasteiger partial charge >= 0.3 is 5.97 Å². The Bertz CT molecular complexity index is 710. The number of nitrogens with one attached hydrogen (secondary N) is 1. The molecule has 0 aliphatic rings. The lowest BCUT2D eigenvalue weighted by atomic mass is 10.2. The third-order valence-electron chi connectivity index (χ3n) is 3.21. The second kappa shape index (κ2) is 8.44. The number of aromatic nitrogens is 1. The van der Waals surface area contributed by atoms with Crippen LogP contribution in [0.25, 0.3) is 0 Å². The highest BCUT2D eigenvalue weighted by molar-refractivity contribution is 7.17. The molecule has 2 aromatic rings. The van der Waals surface area contributed by atoms with Crippen molar-refractivity contribution in [1.82, 2.24) is 4.98 Å². The summed E-state index contributed by atoms with van der Waals surface area (Å²) in [5.41, 5.74) is 1.74. The van der Waals surface area contributed by atoms with Crippen molar-refractivity contribution < 1.29 is 19.1 Å². The topological polar surface area (TPSA) is 77.5 Å². The SMILES string of the molecule is CCOC(=O)c1sc(NC(=O)COc2ccc(CC)cc2)nc1C. The maximum Gasteiger partial charge on any atom is 0.350 e. The maximum atomic E-state index is 11.9. The van der Waals surface area contributed by atoms with Gasteiger partial charge in [0.05, 0.1) is 12.3 Å². The van der Waals surface area contributed by atoms with Crippen LogP contribution in [0.2, 0.25) is 0 Å². The molecule has 1 amide bonds. The lowest BCUT2D eigenvalue weighted by Crippen LogP contribution is -2.20. The molecule has 0 unspecified atom stereocenters. The van der Waals surface area contributed by atoms with Crippen molar-refractivity contribution >= 4 is 28.3 Å². The highest BCUT2D eigenvalue weighted by Gasteiger charge is 2.17. The predicted octanol–water partition coefficient (Wildman–Crippen LogP) is 3.21. The number of carbonyl (C=O) groups excluding carboxylic acids is 2. The van der Waals surface area contributed by atoms with E-state index in [0.717, 1.165) is 17.8 Å². The summed E-state index contributed by atoms with van der Waals surface area (Å²) in [6.45, 7) is 5.68. The van der Waals surface area contributed by atoms with E-state index in [1.807, 2.05) is 24.3 Å². The highest BCUT2D eigenvalue weighted by atomic mass is 32.1. The van der Waals surface area contributed by atoms with Gasteiger partial charge in [0.25, 0.3) is 5.91 Å². The summed E-state index contributed by atoms with van der Waals surface area (Å²) in [7, 11) is 0. The Morgan fingerprint density at radius 3 is 2.54 bits per heavy atom. The van der Waals surface area contributed by atoms with Gasteiger partial charge in [-0.2, -0.15) is 0 Å². The molecule has 1 aromatic heterocycles. The van der Waals surface area contributed by atoms with Crippen molar-refractivity contribution in [1.29, 1.82) is 0 Å². The molecule has 24 heavy (non-hydrogen) atoms. The number of anilines is 1. The van der Waals surface area contributed by atoms with Gasteiger partial charge in [-0.3, -0.25) is 10.1 Å². The Labute approximate surface area is 144 Å². The monoisotopic (exact) mass is 348 g/mol. The molecule has 0 atom stereocenters. The van der Waals surface area contributed by atoms with Crippen LogP contribution in [0, 0.1) is 6.92 Å². The number of esters is 1. The first-order chi connectivity index (χ1) is 11.5. The van der Waals surface area contributed by atoms with Crippen LogP contribution >= 0.6 is 11.3 Å². The van der Waals surface area contributed by atoms with Gasteiger partial charge in [-0.25, -0.2) is 9.78 Å². The van der Waals surface area contributed by atoms with Crippen LogP contribution in [0.3, 0.4) is 0 Å². The number of carbonyl (C=O) groups is 2. The van der Waals surface area contributed by atoms with Crippen LogP contribution in [0.4, 0.5) is 5.13 Å². The largest absolute Gasteiger partial charge is 0.484 e. The fourth-order valence-corrected chi connectivity index (χ4v) is 2.84. The number of rotatable bonds is 7. The summed E-state index contributed by atoms with van der Waals surface area (Å²) < 4.78 is 10.4. The van der Waals surface area contributed by atoms with Crippen LogP contribution in [-0.4, -0.2) is 30.1 Å². The molecule has 128 valence electrons. The quantitative estimate of drug-likeness (QED) is 0.778. The van der Waals surface area contributed by atoms with Crippen molar-refractivity contribution in [3.05, 3.63) is 40.4 Å². The minimum atomic E-state index is -0.430. The summed E-state index contributed by atoms with van der Waals surface area (Å²) in [6, 6.07) is 7.59. The van der Waals surface area contributed by atoms with Crippen LogP contribution in [0.5, 0.6) is 5.75 Å². The summed E-state index contributed by atoms with van der Waals surface area (Å²) >= 11 is 1.09. The zero-order valence-corrected chi connectivity index (χ0v) is 14.7. The summed E-state index contributed by atoms with van der Waals surface area (Å²) in [5, 5.41) is 2.98. The number of hydrogen-bond acceptors (Lipinski definition) is 6. The minimum Gasteiger partial charge on any atom is -0.484 e. The van der Waals surface area contributed by atoms with E-state index in [1.165, 1.54) is 5.56 Å². The van der Waals surface area contributed by atoms with E-state index in [-0.39, 0.29) is 12.5 Å². The van der Waals surface area contributed by atoms with E-state index in [1.54, 1.807) is 13.8 Å². The zero-order valence-electron chi connectivity index (χ0n) is 13.9. The average molecular weight is 348 g/mol. The molecule has 0 bridgehead atoms. The van der Waals surface area contributed by atoms with Crippen LogP contribution in [0.1, 0.15) is 34.8 Å². The second-order valence-electron chi connectivity index (χ2n) is 4.99. The van der Waals surface area contributed by atoms with E-state index in [2.05, 4.69) is 17.2 Å². The number of amides is 1. The van der Waals surface area contributed by atoms with Crippen molar-refractivity contribution in [2.45, 2.75) is 27.2 Å². The molecule has 2 rings (SSSR count). The molecule has 1 aromatic carbocycles. The van der Waals surface area contributed by atoms with Crippen molar-refractivity contribution in [3.63, 3.8) is 0 Å².